The van der Waals surface area contributed by atoms with Gasteiger partial charge in [0.05, 0.1) is 6.54 Å². The molecule has 0 radical (unpaired) electrons. The summed E-state index contributed by atoms with van der Waals surface area (Å²) in [5.41, 5.74) is 7.33. The maximum absolute atomic E-state index is 5.91. The Bertz CT molecular complexity index is 433. The van der Waals surface area contributed by atoms with Crippen LogP contribution < -0.4 is 11.1 Å². The lowest BCUT2D eigenvalue weighted by Crippen LogP contribution is -2.37. The third-order valence-corrected chi connectivity index (χ3v) is 3.55. The quantitative estimate of drug-likeness (QED) is 0.650. The number of nitrogens with one attached hydrogen (secondary N) is 1. The Balaban J connectivity index is 2.02. The summed E-state index contributed by atoms with van der Waals surface area (Å²) in [4.78, 5) is 4.45. The van der Waals surface area contributed by atoms with Crippen LogP contribution >= 0.6 is 11.6 Å². The first-order valence-electron chi connectivity index (χ1n) is 6.34. The number of rotatable bonds is 4. The molecule has 18 heavy (non-hydrogen) atoms. The van der Waals surface area contributed by atoms with Gasteiger partial charge in [-0.15, -0.1) is 0 Å². The zero-order valence-corrected chi connectivity index (χ0v) is 11.7. The van der Waals surface area contributed by atoms with Crippen molar-refractivity contribution < 1.29 is 0 Å². The minimum atomic E-state index is 0.188. The summed E-state index contributed by atoms with van der Waals surface area (Å²) in [6.45, 7) is 4.85. The first kappa shape index (κ1) is 13.2. The molecule has 0 amide bonds. The fourth-order valence-electron chi connectivity index (χ4n) is 2.07. The van der Waals surface area contributed by atoms with Gasteiger partial charge in [0, 0.05) is 16.5 Å². The topological polar surface area (TPSA) is 50.4 Å². The second-order valence-electron chi connectivity index (χ2n) is 5.29. The van der Waals surface area contributed by atoms with E-state index in [0.717, 1.165) is 11.6 Å². The van der Waals surface area contributed by atoms with E-state index in [1.54, 1.807) is 0 Å². The largest absolute Gasteiger partial charge is 0.370 e. The molecule has 98 valence electrons. The van der Waals surface area contributed by atoms with Crippen LogP contribution in [0.1, 0.15) is 32.3 Å². The van der Waals surface area contributed by atoms with Gasteiger partial charge in [0.1, 0.15) is 0 Å². The third-order valence-electron chi connectivity index (χ3n) is 3.30. The van der Waals surface area contributed by atoms with Gasteiger partial charge in [0.15, 0.2) is 5.96 Å². The summed E-state index contributed by atoms with van der Waals surface area (Å²) in [5.74, 6) is 0.533. The molecular formula is C14H20ClN3. The molecule has 0 unspecified atom stereocenters. The van der Waals surface area contributed by atoms with E-state index in [-0.39, 0.29) is 5.41 Å². The van der Waals surface area contributed by atoms with Gasteiger partial charge in [-0.1, -0.05) is 23.7 Å². The Labute approximate surface area is 113 Å². The highest BCUT2D eigenvalue weighted by Gasteiger charge is 2.44. The highest BCUT2D eigenvalue weighted by Crippen LogP contribution is 2.48. The number of nitrogens with two attached hydrogens (primary N) is 1. The smallest absolute Gasteiger partial charge is 0.188 e. The molecule has 2 rings (SSSR count). The van der Waals surface area contributed by atoms with Crippen molar-refractivity contribution in [3.05, 3.63) is 34.9 Å². The first-order chi connectivity index (χ1) is 8.52. The summed E-state index contributed by atoms with van der Waals surface area (Å²) in [6, 6.07) is 8.39. The zero-order chi connectivity index (χ0) is 13.2. The number of guanidine groups is 1. The number of hydrogen-bond acceptors (Lipinski definition) is 1. The van der Waals surface area contributed by atoms with Crippen molar-refractivity contribution in [1.29, 1.82) is 0 Å². The first-order valence-corrected chi connectivity index (χ1v) is 6.72. The molecule has 0 spiro atoms. The molecule has 1 aromatic carbocycles. The van der Waals surface area contributed by atoms with Crippen LogP contribution in [0.5, 0.6) is 0 Å². The Morgan fingerprint density at radius 3 is 2.50 bits per heavy atom. The van der Waals surface area contributed by atoms with Crippen LogP contribution in [0.25, 0.3) is 0 Å². The minimum Gasteiger partial charge on any atom is -0.370 e. The molecule has 1 saturated carbocycles. The van der Waals surface area contributed by atoms with Crippen molar-refractivity contribution in [3.8, 4) is 0 Å². The van der Waals surface area contributed by atoms with Crippen LogP contribution in [-0.2, 0) is 5.41 Å². The average Bonchev–Trinajstić information content (AvgIpc) is 3.08. The van der Waals surface area contributed by atoms with Gasteiger partial charge < -0.3 is 11.1 Å². The van der Waals surface area contributed by atoms with E-state index in [0.29, 0.717) is 12.0 Å². The van der Waals surface area contributed by atoms with Crippen LogP contribution in [0, 0.1) is 0 Å². The maximum Gasteiger partial charge on any atom is 0.188 e. The number of benzene rings is 1. The Morgan fingerprint density at radius 1 is 1.39 bits per heavy atom. The molecule has 1 aliphatic carbocycles. The fourth-order valence-corrected chi connectivity index (χ4v) is 2.20. The van der Waals surface area contributed by atoms with Gasteiger partial charge in [0.2, 0.25) is 0 Å². The number of nitrogens with zero attached hydrogens (tertiary/aromatic N) is 1. The number of aliphatic imine (C=N–C) groups is 1. The van der Waals surface area contributed by atoms with Gasteiger partial charge >= 0.3 is 0 Å². The van der Waals surface area contributed by atoms with E-state index < -0.39 is 0 Å². The van der Waals surface area contributed by atoms with Crippen molar-refractivity contribution in [2.24, 2.45) is 10.7 Å². The molecule has 0 aromatic heterocycles. The van der Waals surface area contributed by atoms with Gasteiger partial charge in [-0.05, 0) is 44.4 Å². The van der Waals surface area contributed by atoms with E-state index >= 15 is 0 Å². The minimum absolute atomic E-state index is 0.188. The van der Waals surface area contributed by atoms with Gasteiger partial charge in [0.25, 0.3) is 0 Å². The van der Waals surface area contributed by atoms with Crippen molar-refractivity contribution in [2.45, 2.75) is 38.1 Å². The fraction of sp³-hybridized carbons (Fsp3) is 0.500. The Kier molecular flexibility index (Phi) is 3.81. The summed E-state index contributed by atoms with van der Waals surface area (Å²) < 4.78 is 0. The van der Waals surface area contributed by atoms with Crippen LogP contribution in [0.4, 0.5) is 0 Å². The van der Waals surface area contributed by atoms with E-state index in [1.807, 2.05) is 12.1 Å². The number of halogens is 1. The summed E-state index contributed by atoms with van der Waals surface area (Å²) >= 11 is 5.91. The van der Waals surface area contributed by atoms with E-state index in [1.165, 1.54) is 18.4 Å². The lowest BCUT2D eigenvalue weighted by Gasteiger charge is -2.14. The van der Waals surface area contributed by atoms with Gasteiger partial charge in [-0.3, -0.25) is 4.99 Å². The standard InChI is InChI=1S/C14H20ClN3/c1-10(2)18-13(16)17-9-14(7-8-14)11-3-5-12(15)6-4-11/h3-6,10H,7-9H2,1-2H3,(H3,16,17,18). The van der Waals surface area contributed by atoms with Crippen LogP contribution in [-0.4, -0.2) is 18.5 Å². The van der Waals surface area contributed by atoms with Gasteiger partial charge in [-0.25, -0.2) is 0 Å². The Hall–Kier alpha value is -1.22. The molecule has 3 N–H and O–H groups in total. The monoisotopic (exact) mass is 265 g/mol. The molecule has 1 aromatic rings. The molecule has 0 saturated heterocycles. The highest BCUT2D eigenvalue weighted by atomic mass is 35.5. The van der Waals surface area contributed by atoms with Crippen molar-refractivity contribution in [3.63, 3.8) is 0 Å². The van der Waals surface area contributed by atoms with E-state index in [2.05, 4.69) is 36.3 Å². The van der Waals surface area contributed by atoms with Crippen LogP contribution in [0.3, 0.4) is 0 Å². The second-order valence-corrected chi connectivity index (χ2v) is 5.72. The SMILES string of the molecule is CC(C)NC(N)=NCC1(c2ccc(Cl)cc2)CC1. The molecular weight excluding hydrogens is 246 g/mol. The summed E-state index contributed by atoms with van der Waals surface area (Å²) in [7, 11) is 0. The molecule has 3 nitrogen and oxygen atoms in total. The molecule has 0 atom stereocenters. The maximum atomic E-state index is 5.91. The predicted molar refractivity (Wildman–Crippen MR) is 77.1 cm³/mol. The normalized spacial score (nSPS) is 17.9. The molecule has 0 aliphatic heterocycles. The molecule has 1 fully saturated rings. The zero-order valence-electron chi connectivity index (χ0n) is 10.9. The van der Waals surface area contributed by atoms with Crippen molar-refractivity contribution in [2.75, 3.05) is 6.54 Å². The molecule has 1 aliphatic rings. The molecule has 4 heteroatoms. The lowest BCUT2D eigenvalue weighted by molar-refractivity contribution is 0.684. The van der Waals surface area contributed by atoms with Gasteiger partial charge in [-0.2, -0.15) is 0 Å². The predicted octanol–water partition coefficient (Wildman–Crippen LogP) is 2.68. The molecule has 0 bridgehead atoms. The van der Waals surface area contributed by atoms with E-state index in [9.17, 15) is 0 Å². The second kappa shape index (κ2) is 5.19. The lowest BCUT2D eigenvalue weighted by atomic mass is 9.96. The average molecular weight is 266 g/mol. The summed E-state index contributed by atoms with van der Waals surface area (Å²) in [5, 5.41) is 3.89. The van der Waals surface area contributed by atoms with E-state index in [4.69, 9.17) is 17.3 Å². The van der Waals surface area contributed by atoms with Crippen LogP contribution in [0.15, 0.2) is 29.3 Å². The van der Waals surface area contributed by atoms with Crippen molar-refractivity contribution in [1.82, 2.24) is 5.32 Å². The molecule has 0 heterocycles. The number of hydrogen-bond donors (Lipinski definition) is 2. The Morgan fingerprint density at radius 2 is 2.00 bits per heavy atom. The van der Waals surface area contributed by atoms with Crippen LogP contribution in [0.2, 0.25) is 5.02 Å². The third kappa shape index (κ3) is 3.16. The highest BCUT2D eigenvalue weighted by molar-refractivity contribution is 6.30. The summed E-state index contributed by atoms with van der Waals surface area (Å²) in [6.07, 6.45) is 2.35. The van der Waals surface area contributed by atoms with Crippen molar-refractivity contribution >= 4 is 17.6 Å².